The molecule has 0 aliphatic heterocycles. The van der Waals surface area contributed by atoms with Gasteiger partial charge in [-0.25, -0.2) is 8.78 Å². The number of aliphatic hydroxyl groups excluding tert-OH is 1. The Labute approximate surface area is 109 Å². The average molecular weight is 268 g/mol. The smallest absolute Gasteiger partial charge is 0.229 e. The SMILES string of the molecule is CC(C)C(O)Cc1nc(-c2cc(F)cc(F)c2)no1. The third kappa shape index (κ3) is 3.35. The summed E-state index contributed by atoms with van der Waals surface area (Å²) in [6.07, 6.45) is -0.389. The highest BCUT2D eigenvalue weighted by molar-refractivity contribution is 5.54. The van der Waals surface area contributed by atoms with Gasteiger partial charge in [-0.15, -0.1) is 0 Å². The van der Waals surface area contributed by atoms with Gasteiger partial charge in [-0.2, -0.15) is 4.98 Å². The Hall–Kier alpha value is -1.82. The molecule has 0 saturated heterocycles. The Balaban J connectivity index is 2.21. The summed E-state index contributed by atoms with van der Waals surface area (Å²) in [5, 5.41) is 13.4. The summed E-state index contributed by atoms with van der Waals surface area (Å²) in [5.41, 5.74) is 0.200. The molecular formula is C13H14F2N2O2. The van der Waals surface area contributed by atoms with E-state index in [1.165, 1.54) is 0 Å². The van der Waals surface area contributed by atoms with Crippen LogP contribution in [-0.2, 0) is 6.42 Å². The zero-order chi connectivity index (χ0) is 14.0. The number of halogens is 2. The normalized spacial score (nSPS) is 12.9. The molecule has 2 rings (SSSR count). The Morgan fingerprint density at radius 2 is 1.84 bits per heavy atom. The molecule has 0 bridgehead atoms. The lowest BCUT2D eigenvalue weighted by Gasteiger charge is -2.10. The summed E-state index contributed by atoms with van der Waals surface area (Å²) < 4.78 is 31.1. The van der Waals surface area contributed by atoms with Crippen LogP contribution in [0.2, 0.25) is 0 Å². The van der Waals surface area contributed by atoms with Crippen LogP contribution in [-0.4, -0.2) is 21.4 Å². The first-order valence-corrected chi connectivity index (χ1v) is 5.93. The van der Waals surface area contributed by atoms with E-state index in [2.05, 4.69) is 10.1 Å². The molecule has 1 aromatic heterocycles. The van der Waals surface area contributed by atoms with E-state index in [4.69, 9.17) is 4.52 Å². The van der Waals surface area contributed by atoms with Crippen LogP contribution in [0.25, 0.3) is 11.4 Å². The first kappa shape index (κ1) is 13.6. The number of benzene rings is 1. The fraction of sp³-hybridized carbons (Fsp3) is 0.385. The maximum absolute atomic E-state index is 13.1. The number of hydrogen-bond donors (Lipinski definition) is 1. The lowest BCUT2D eigenvalue weighted by molar-refractivity contribution is 0.116. The van der Waals surface area contributed by atoms with Gasteiger partial charge in [0.15, 0.2) is 0 Å². The molecule has 1 atom stereocenters. The minimum Gasteiger partial charge on any atom is -0.392 e. The highest BCUT2D eigenvalue weighted by atomic mass is 19.1. The third-order valence-corrected chi connectivity index (χ3v) is 2.74. The van der Waals surface area contributed by atoms with Crippen molar-refractivity contribution in [1.29, 1.82) is 0 Å². The molecule has 1 aromatic carbocycles. The minimum atomic E-state index is -0.705. The summed E-state index contributed by atoms with van der Waals surface area (Å²) in [5.74, 6) is -1.01. The number of hydrogen-bond acceptors (Lipinski definition) is 4. The monoisotopic (exact) mass is 268 g/mol. The summed E-state index contributed by atoms with van der Waals surface area (Å²) in [6.45, 7) is 3.73. The van der Waals surface area contributed by atoms with E-state index in [1.807, 2.05) is 13.8 Å². The second kappa shape index (κ2) is 5.44. The van der Waals surface area contributed by atoms with Crippen molar-refractivity contribution in [1.82, 2.24) is 10.1 Å². The molecule has 102 valence electrons. The maximum atomic E-state index is 13.1. The number of rotatable bonds is 4. The van der Waals surface area contributed by atoms with Crippen molar-refractivity contribution in [2.75, 3.05) is 0 Å². The Bertz CT molecular complexity index is 549. The van der Waals surface area contributed by atoms with E-state index in [1.54, 1.807) is 0 Å². The van der Waals surface area contributed by atoms with Gasteiger partial charge >= 0.3 is 0 Å². The first-order valence-electron chi connectivity index (χ1n) is 5.93. The van der Waals surface area contributed by atoms with Crippen LogP contribution in [0.3, 0.4) is 0 Å². The van der Waals surface area contributed by atoms with Gasteiger partial charge in [0.1, 0.15) is 11.6 Å². The van der Waals surface area contributed by atoms with Crippen LogP contribution in [0.1, 0.15) is 19.7 Å². The maximum Gasteiger partial charge on any atom is 0.229 e. The van der Waals surface area contributed by atoms with Crippen LogP contribution in [0, 0.1) is 17.6 Å². The van der Waals surface area contributed by atoms with E-state index in [0.29, 0.717) is 0 Å². The standard InChI is InChI=1S/C13H14F2N2O2/c1-7(2)11(18)6-12-16-13(17-19-12)8-3-9(14)5-10(15)4-8/h3-5,7,11,18H,6H2,1-2H3. The van der Waals surface area contributed by atoms with Gasteiger partial charge in [-0.1, -0.05) is 19.0 Å². The van der Waals surface area contributed by atoms with Crippen LogP contribution in [0.15, 0.2) is 22.7 Å². The van der Waals surface area contributed by atoms with E-state index >= 15 is 0 Å². The molecule has 0 aliphatic rings. The Kier molecular flexibility index (Phi) is 3.90. The van der Waals surface area contributed by atoms with Crippen LogP contribution in [0.5, 0.6) is 0 Å². The van der Waals surface area contributed by atoms with Crippen molar-refractivity contribution in [2.45, 2.75) is 26.4 Å². The van der Waals surface area contributed by atoms with E-state index in [-0.39, 0.29) is 29.6 Å². The topological polar surface area (TPSA) is 59.2 Å². The van der Waals surface area contributed by atoms with Crippen molar-refractivity contribution < 1.29 is 18.4 Å². The quantitative estimate of drug-likeness (QED) is 0.925. The second-order valence-corrected chi connectivity index (χ2v) is 4.69. The van der Waals surface area contributed by atoms with Crippen molar-refractivity contribution in [3.05, 3.63) is 35.7 Å². The van der Waals surface area contributed by atoms with Gasteiger partial charge in [0.05, 0.1) is 12.5 Å². The summed E-state index contributed by atoms with van der Waals surface area (Å²) in [4.78, 5) is 4.01. The fourth-order valence-corrected chi connectivity index (χ4v) is 1.55. The van der Waals surface area contributed by atoms with E-state index in [0.717, 1.165) is 18.2 Å². The first-order chi connectivity index (χ1) is 8.95. The number of nitrogens with zero attached hydrogens (tertiary/aromatic N) is 2. The van der Waals surface area contributed by atoms with Gasteiger partial charge in [0.2, 0.25) is 11.7 Å². The van der Waals surface area contributed by atoms with Crippen molar-refractivity contribution in [2.24, 2.45) is 5.92 Å². The molecule has 1 unspecified atom stereocenters. The second-order valence-electron chi connectivity index (χ2n) is 4.69. The van der Waals surface area contributed by atoms with Gasteiger partial charge < -0.3 is 9.63 Å². The Morgan fingerprint density at radius 3 is 2.42 bits per heavy atom. The molecule has 2 aromatic rings. The molecule has 1 heterocycles. The zero-order valence-electron chi connectivity index (χ0n) is 10.6. The molecule has 0 spiro atoms. The average Bonchev–Trinajstić information content (AvgIpc) is 2.76. The summed E-state index contributed by atoms with van der Waals surface area (Å²) >= 11 is 0. The summed E-state index contributed by atoms with van der Waals surface area (Å²) in [6, 6.07) is 3.01. The predicted molar refractivity (Wildman–Crippen MR) is 64.2 cm³/mol. The highest BCUT2D eigenvalue weighted by Gasteiger charge is 2.16. The molecule has 4 nitrogen and oxygen atoms in total. The highest BCUT2D eigenvalue weighted by Crippen LogP contribution is 2.19. The number of aliphatic hydroxyl groups is 1. The van der Waals surface area contributed by atoms with E-state index < -0.39 is 17.7 Å². The van der Waals surface area contributed by atoms with Gasteiger partial charge in [0.25, 0.3) is 0 Å². The number of aromatic nitrogens is 2. The molecule has 0 amide bonds. The molecule has 19 heavy (non-hydrogen) atoms. The lowest BCUT2D eigenvalue weighted by atomic mass is 10.0. The molecule has 0 aliphatic carbocycles. The van der Waals surface area contributed by atoms with Crippen LogP contribution >= 0.6 is 0 Å². The molecule has 0 saturated carbocycles. The lowest BCUT2D eigenvalue weighted by Crippen LogP contribution is -2.17. The Morgan fingerprint density at radius 1 is 1.21 bits per heavy atom. The van der Waals surface area contributed by atoms with Crippen molar-refractivity contribution in [3.8, 4) is 11.4 Å². The fourth-order valence-electron chi connectivity index (χ4n) is 1.55. The predicted octanol–water partition coefficient (Wildman–Crippen LogP) is 2.57. The summed E-state index contributed by atoms with van der Waals surface area (Å²) in [7, 11) is 0. The molecule has 6 heteroatoms. The van der Waals surface area contributed by atoms with Crippen molar-refractivity contribution in [3.63, 3.8) is 0 Å². The van der Waals surface area contributed by atoms with E-state index in [9.17, 15) is 13.9 Å². The third-order valence-electron chi connectivity index (χ3n) is 2.74. The van der Waals surface area contributed by atoms with Crippen molar-refractivity contribution >= 4 is 0 Å². The molecule has 0 fully saturated rings. The zero-order valence-corrected chi connectivity index (χ0v) is 10.6. The van der Waals surface area contributed by atoms with Crippen LogP contribution < -0.4 is 0 Å². The molecular weight excluding hydrogens is 254 g/mol. The van der Waals surface area contributed by atoms with Gasteiger partial charge in [0, 0.05) is 11.6 Å². The minimum absolute atomic E-state index is 0.0574. The molecule has 0 radical (unpaired) electrons. The van der Waals surface area contributed by atoms with Gasteiger partial charge in [-0.05, 0) is 18.1 Å². The van der Waals surface area contributed by atoms with Crippen LogP contribution in [0.4, 0.5) is 8.78 Å². The van der Waals surface area contributed by atoms with Gasteiger partial charge in [-0.3, -0.25) is 0 Å². The molecule has 1 N–H and O–H groups in total. The largest absolute Gasteiger partial charge is 0.392 e.